The van der Waals surface area contributed by atoms with Gasteiger partial charge in [0.05, 0.1) is 0 Å². The van der Waals surface area contributed by atoms with Crippen molar-refractivity contribution in [1.29, 1.82) is 0 Å². The smallest absolute Gasteiger partial charge is 0.417 e. The number of hydrogen-bond donors (Lipinski definition) is 1. The molecule has 1 saturated heterocycles. The molecule has 0 unspecified atom stereocenters. The molecule has 4 atom stereocenters. The zero-order chi connectivity index (χ0) is 17.4. The van der Waals surface area contributed by atoms with Crippen molar-refractivity contribution in [1.82, 2.24) is 4.90 Å². The number of piperidine rings is 1. The number of aliphatic carboxylic acids is 1. The summed E-state index contributed by atoms with van der Waals surface area (Å²) >= 11 is 0. The Hall–Kier alpha value is -1.59. The number of carbonyl (C=O) groups is 3. The molecule has 23 heavy (non-hydrogen) atoms. The molecule has 1 heterocycles. The summed E-state index contributed by atoms with van der Waals surface area (Å²) in [4.78, 5) is 37.2. The molecular weight excluding hydrogens is 298 g/mol. The van der Waals surface area contributed by atoms with Crippen LogP contribution in [-0.2, 0) is 14.3 Å². The number of ether oxygens (including phenoxy) is 1. The lowest BCUT2D eigenvalue weighted by molar-refractivity contribution is -0.143. The molecule has 1 aliphatic carbocycles. The maximum Gasteiger partial charge on any atom is 0.417 e. The first-order valence-corrected chi connectivity index (χ1v) is 8.35. The number of nitrogens with zero attached hydrogens (tertiary/aromatic N) is 1. The second-order valence-corrected chi connectivity index (χ2v) is 7.95. The maximum atomic E-state index is 12.5. The molecule has 0 aromatic carbocycles. The highest BCUT2D eigenvalue weighted by Gasteiger charge is 2.47. The summed E-state index contributed by atoms with van der Waals surface area (Å²) in [6, 6.07) is -0.237. The standard InChI is InChI=1S/C17H27NO5/c1-10-7-11(9-15(20)21)12-5-6-14(19)18(13(12)8-10)16(22)23-17(2,3)4/h10-13H,5-9H2,1-4H3,(H,20,21)/t10-,11+,12-,13+/m1/s1. The number of hydrogen-bond acceptors (Lipinski definition) is 4. The minimum absolute atomic E-state index is 0.0132. The Morgan fingerprint density at radius 1 is 1.30 bits per heavy atom. The van der Waals surface area contributed by atoms with Crippen molar-refractivity contribution in [2.24, 2.45) is 17.8 Å². The summed E-state index contributed by atoms with van der Waals surface area (Å²) in [7, 11) is 0. The Bertz CT molecular complexity index is 496. The van der Waals surface area contributed by atoms with Gasteiger partial charge in [0.25, 0.3) is 0 Å². The van der Waals surface area contributed by atoms with Gasteiger partial charge in [-0.25, -0.2) is 9.69 Å². The minimum Gasteiger partial charge on any atom is -0.481 e. The third-order valence-corrected chi connectivity index (χ3v) is 4.77. The predicted molar refractivity (Wildman–Crippen MR) is 83.7 cm³/mol. The average Bonchev–Trinajstić information content (AvgIpc) is 2.34. The third kappa shape index (κ3) is 4.24. The zero-order valence-electron chi connectivity index (χ0n) is 14.4. The van der Waals surface area contributed by atoms with Crippen LogP contribution in [0.2, 0.25) is 0 Å². The van der Waals surface area contributed by atoms with Gasteiger partial charge in [0.1, 0.15) is 5.60 Å². The van der Waals surface area contributed by atoms with E-state index in [0.717, 1.165) is 12.8 Å². The molecule has 0 spiro atoms. The van der Waals surface area contributed by atoms with E-state index in [1.807, 2.05) is 0 Å². The first kappa shape index (κ1) is 17.8. The number of carbonyl (C=O) groups excluding carboxylic acids is 2. The van der Waals surface area contributed by atoms with Gasteiger partial charge in [-0.15, -0.1) is 0 Å². The molecule has 6 nitrogen and oxygen atoms in total. The van der Waals surface area contributed by atoms with E-state index in [1.165, 1.54) is 4.90 Å². The summed E-state index contributed by atoms with van der Waals surface area (Å²) < 4.78 is 5.40. The molecule has 0 aromatic rings. The van der Waals surface area contributed by atoms with E-state index < -0.39 is 17.7 Å². The summed E-state index contributed by atoms with van der Waals surface area (Å²) in [5.41, 5.74) is -0.662. The van der Waals surface area contributed by atoms with E-state index in [0.29, 0.717) is 6.42 Å². The second kappa shape index (κ2) is 6.49. The molecule has 0 bridgehead atoms. The van der Waals surface area contributed by atoms with Crippen LogP contribution < -0.4 is 0 Å². The number of carboxylic acids is 1. The lowest BCUT2D eigenvalue weighted by Gasteiger charge is -2.47. The number of fused-ring (bicyclic) bond motifs is 1. The Kier molecular flexibility index (Phi) is 5.01. The molecule has 1 saturated carbocycles. The Labute approximate surface area is 137 Å². The quantitative estimate of drug-likeness (QED) is 0.843. The molecule has 2 aliphatic rings. The van der Waals surface area contributed by atoms with Crippen molar-refractivity contribution in [3.05, 3.63) is 0 Å². The largest absolute Gasteiger partial charge is 0.481 e. The van der Waals surface area contributed by atoms with Crippen molar-refractivity contribution in [2.75, 3.05) is 0 Å². The Morgan fingerprint density at radius 3 is 2.52 bits per heavy atom. The highest BCUT2D eigenvalue weighted by molar-refractivity contribution is 5.93. The van der Waals surface area contributed by atoms with Crippen LogP contribution in [0.25, 0.3) is 0 Å². The van der Waals surface area contributed by atoms with Gasteiger partial charge in [0, 0.05) is 18.9 Å². The van der Waals surface area contributed by atoms with E-state index in [2.05, 4.69) is 6.92 Å². The van der Waals surface area contributed by atoms with Crippen molar-refractivity contribution in [3.8, 4) is 0 Å². The van der Waals surface area contributed by atoms with E-state index in [4.69, 9.17) is 9.84 Å². The molecule has 1 aliphatic heterocycles. The van der Waals surface area contributed by atoms with Crippen molar-refractivity contribution in [2.45, 2.75) is 71.4 Å². The molecular formula is C17H27NO5. The average molecular weight is 325 g/mol. The van der Waals surface area contributed by atoms with Crippen LogP contribution in [0.15, 0.2) is 0 Å². The lowest BCUT2D eigenvalue weighted by atomic mass is 9.66. The van der Waals surface area contributed by atoms with Crippen molar-refractivity contribution in [3.63, 3.8) is 0 Å². The fourth-order valence-electron chi connectivity index (χ4n) is 4.02. The van der Waals surface area contributed by atoms with Gasteiger partial charge in [0.15, 0.2) is 0 Å². The topological polar surface area (TPSA) is 83.9 Å². The fourth-order valence-corrected chi connectivity index (χ4v) is 4.02. The number of imide groups is 1. The van der Waals surface area contributed by atoms with Gasteiger partial charge < -0.3 is 9.84 Å². The first-order valence-electron chi connectivity index (χ1n) is 8.35. The SMILES string of the molecule is C[C@@H]1C[C@@H](CC(=O)O)[C@H]2CCC(=O)N(C(=O)OC(C)(C)C)[C@H]2C1. The second-order valence-electron chi connectivity index (χ2n) is 7.95. The minimum atomic E-state index is -0.816. The van der Waals surface area contributed by atoms with Crippen LogP contribution in [-0.4, -0.2) is 39.6 Å². The highest BCUT2D eigenvalue weighted by Crippen LogP contribution is 2.43. The highest BCUT2D eigenvalue weighted by atomic mass is 16.6. The molecule has 0 aromatic heterocycles. The van der Waals surface area contributed by atoms with Gasteiger partial charge in [-0.2, -0.15) is 0 Å². The van der Waals surface area contributed by atoms with Crippen LogP contribution in [0, 0.1) is 17.8 Å². The van der Waals surface area contributed by atoms with E-state index in [-0.39, 0.29) is 42.5 Å². The number of amides is 2. The first-order chi connectivity index (χ1) is 10.6. The summed E-state index contributed by atoms with van der Waals surface area (Å²) in [6.07, 6.45) is 2.01. The van der Waals surface area contributed by atoms with Gasteiger partial charge in [-0.1, -0.05) is 6.92 Å². The van der Waals surface area contributed by atoms with Crippen LogP contribution in [0.5, 0.6) is 0 Å². The molecule has 130 valence electrons. The predicted octanol–water partition coefficient (Wildman–Crippen LogP) is 3.05. The summed E-state index contributed by atoms with van der Waals surface area (Å²) in [6.45, 7) is 7.37. The van der Waals surface area contributed by atoms with Crippen LogP contribution in [0.1, 0.15) is 59.8 Å². The molecule has 2 amide bonds. The van der Waals surface area contributed by atoms with E-state index in [1.54, 1.807) is 20.8 Å². The molecule has 2 fully saturated rings. The number of rotatable bonds is 2. The maximum absolute atomic E-state index is 12.5. The third-order valence-electron chi connectivity index (χ3n) is 4.77. The lowest BCUT2D eigenvalue weighted by Crippen LogP contribution is -2.56. The van der Waals surface area contributed by atoms with Crippen molar-refractivity contribution >= 4 is 18.0 Å². The Morgan fingerprint density at radius 2 is 1.96 bits per heavy atom. The summed E-state index contributed by atoms with van der Waals surface area (Å²) in [5, 5.41) is 9.15. The molecule has 0 radical (unpaired) electrons. The van der Waals surface area contributed by atoms with Gasteiger partial charge in [-0.05, 0) is 57.8 Å². The number of carboxylic acid groups (broad SMARTS) is 1. The fraction of sp³-hybridized carbons (Fsp3) is 0.824. The normalized spacial score (nSPS) is 31.5. The van der Waals surface area contributed by atoms with Crippen LogP contribution in [0.4, 0.5) is 4.79 Å². The zero-order valence-corrected chi connectivity index (χ0v) is 14.4. The molecule has 6 heteroatoms. The number of likely N-dealkylation sites (tertiary alicyclic amines) is 1. The Balaban J connectivity index is 2.23. The monoisotopic (exact) mass is 325 g/mol. The van der Waals surface area contributed by atoms with Gasteiger partial charge in [-0.3, -0.25) is 9.59 Å². The van der Waals surface area contributed by atoms with Crippen molar-refractivity contribution < 1.29 is 24.2 Å². The van der Waals surface area contributed by atoms with Crippen LogP contribution in [0.3, 0.4) is 0 Å². The van der Waals surface area contributed by atoms with Crippen LogP contribution >= 0.6 is 0 Å². The molecule has 2 rings (SSSR count). The van der Waals surface area contributed by atoms with E-state index in [9.17, 15) is 14.4 Å². The summed E-state index contributed by atoms with van der Waals surface area (Å²) in [5.74, 6) is -0.657. The van der Waals surface area contributed by atoms with Gasteiger partial charge >= 0.3 is 12.1 Å². The van der Waals surface area contributed by atoms with E-state index >= 15 is 0 Å². The van der Waals surface area contributed by atoms with Gasteiger partial charge in [0.2, 0.25) is 5.91 Å². The molecule has 1 N–H and O–H groups in total.